The molecule has 0 aromatic heterocycles. The van der Waals surface area contributed by atoms with E-state index in [-0.39, 0.29) is 18.0 Å². The summed E-state index contributed by atoms with van der Waals surface area (Å²) in [5.41, 5.74) is 1.90. The molecular formula is C18H28N4O2. The second-order valence-electron chi connectivity index (χ2n) is 6.26. The summed E-state index contributed by atoms with van der Waals surface area (Å²) < 4.78 is 0. The van der Waals surface area contributed by atoms with Crippen molar-refractivity contribution in [2.45, 2.75) is 32.7 Å². The molecule has 0 saturated carbocycles. The number of likely N-dealkylation sites (N-methyl/N-ethyl adjacent to an activating group) is 1. The summed E-state index contributed by atoms with van der Waals surface area (Å²) in [4.78, 5) is 27.8. The monoisotopic (exact) mass is 332 g/mol. The molecule has 6 nitrogen and oxygen atoms in total. The average molecular weight is 332 g/mol. The van der Waals surface area contributed by atoms with Crippen LogP contribution in [0.25, 0.3) is 0 Å². The Bertz CT molecular complexity index is 576. The van der Waals surface area contributed by atoms with Gasteiger partial charge in [0.2, 0.25) is 5.91 Å². The summed E-state index contributed by atoms with van der Waals surface area (Å²) in [6.45, 7) is 7.20. The topological polar surface area (TPSA) is 64.7 Å². The summed E-state index contributed by atoms with van der Waals surface area (Å²) >= 11 is 0. The SMILES string of the molecule is CCN(C)CCNC(=O)NC(C)c1cccc(N2CCCC2=O)c1. The fourth-order valence-electron chi connectivity index (χ4n) is 2.73. The zero-order chi connectivity index (χ0) is 17.5. The van der Waals surface area contributed by atoms with E-state index < -0.39 is 0 Å². The number of carbonyl (C=O) groups excluding carboxylic acids is 2. The van der Waals surface area contributed by atoms with Gasteiger partial charge in [-0.25, -0.2) is 4.79 Å². The Balaban J connectivity index is 1.89. The molecule has 0 aliphatic carbocycles. The van der Waals surface area contributed by atoms with E-state index in [9.17, 15) is 9.59 Å². The summed E-state index contributed by atoms with van der Waals surface area (Å²) in [5.74, 6) is 0.172. The van der Waals surface area contributed by atoms with Gasteiger partial charge in [0.15, 0.2) is 0 Å². The first-order valence-corrected chi connectivity index (χ1v) is 8.64. The molecule has 1 saturated heterocycles. The van der Waals surface area contributed by atoms with Gasteiger partial charge in [-0.3, -0.25) is 4.79 Å². The van der Waals surface area contributed by atoms with Crippen molar-refractivity contribution < 1.29 is 9.59 Å². The number of nitrogens with one attached hydrogen (secondary N) is 2. The van der Waals surface area contributed by atoms with E-state index in [0.29, 0.717) is 13.0 Å². The predicted molar refractivity (Wildman–Crippen MR) is 96.1 cm³/mol. The summed E-state index contributed by atoms with van der Waals surface area (Å²) in [5, 5.41) is 5.81. The average Bonchev–Trinajstić information content (AvgIpc) is 3.00. The van der Waals surface area contributed by atoms with E-state index in [0.717, 1.165) is 37.3 Å². The molecule has 1 heterocycles. The second kappa shape index (κ2) is 8.68. The minimum atomic E-state index is -0.172. The molecular weight excluding hydrogens is 304 g/mol. The molecule has 0 spiro atoms. The summed E-state index contributed by atoms with van der Waals surface area (Å²) in [6.07, 6.45) is 1.53. The third-order valence-corrected chi connectivity index (χ3v) is 4.42. The van der Waals surface area contributed by atoms with Gasteiger partial charge >= 0.3 is 6.03 Å². The molecule has 1 aliphatic heterocycles. The Hall–Kier alpha value is -2.08. The number of rotatable bonds is 7. The number of hydrogen-bond donors (Lipinski definition) is 2. The molecule has 0 bridgehead atoms. The van der Waals surface area contributed by atoms with Crippen LogP contribution in [0.3, 0.4) is 0 Å². The molecule has 1 atom stereocenters. The van der Waals surface area contributed by atoms with E-state index in [1.165, 1.54) is 0 Å². The van der Waals surface area contributed by atoms with E-state index in [1.807, 2.05) is 43.1 Å². The quantitative estimate of drug-likeness (QED) is 0.804. The molecule has 2 N–H and O–H groups in total. The van der Waals surface area contributed by atoms with Gasteiger partial charge in [0.25, 0.3) is 0 Å². The maximum atomic E-state index is 12.0. The highest BCUT2D eigenvalue weighted by Gasteiger charge is 2.22. The number of amides is 3. The number of anilines is 1. The minimum Gasteiger partial charge on any atom is -0.337 e. The lowest BCUT2D eigenvalue weighted by Gasteiger charge is -2.20. The first kappa shape index (κ1) is 18.3. The number of nitrogens with zero attached hydrogens (tertiary/aromatic N) is 2. The molecule has 1 aliphatic rings. The molecule has 1 aromatic rings. The van der Waals surface area contributed by atoms with E-state index in [2.05, 4.69) is 22.5 Å². The van der Waals surface area contributed by atoms with Crippen molar-refractivity contribution in [1.82, 2.24) is 15.5 Å². The Morgan fingerprint density at radius 1 is 1.42 bits per heavy atom. The normalized spacial score (nSPS) is 15.7. The molecule has 0 radical (unpaired) electrons. The standard InChI is InChI=1S/C18H28N4O2/c1-4-21(3)12-10-19-18(24)20-14(2)15-7-5-8-16(13-15)22-11-6-9-17(22)23/h5,7-8,13-14H,4,6,9-12H2,1-3H3,(H2,19,20,24). The first-order chi connectivity index (χ1) is 11.5. The van der Waals surface area contributed by atoms with Gasteiger partial charge < -0.3 is 20.4 Å². The van der Waals surface area contributed by atoms with E-state index in [1.54, 1.807) is 0 Å². The van der Waals surface area contributed by atoms with Crippen LogP contribution in [0.2, 0.25) is 0 Å². The Kier molecular flexibility index (Phi) is 6.61. The minimum absolute atomic E-state index is 0.119. The highest BCUT2D eigenvalue weighted by atomic mass is 16.2. The highest BCUT2D eigenvalue weighted by molar-refractivity contribution is 5.95. The van der Waals surface area contributed by atoms with Crippen molar-refractivity contribution in [3.05, 3.63) is 29.8 Å². The lowest BCUT2D eigenvalue weighted by Crippen LogP contribution is -2.40. The molecule has 132 valence electrons. The maximum absolute atomic E-state index is 12.0. The molecule has 3 amide bonds. The van der Waals surface area contributed by atoms with Gasteiger partial charge in [-0.1, -0.05) is 19.1 Å². The van der Waals surface area contributed by atoms with Crippen molar-refractivity contribution in [3.63, 3.8) is 0 Å². The highest BCUT2D eigenvalue weighted by Crippen LogP contribution is 2.24. The van der Waals surface area contributed by atoms with Crippen molar-refractivity contribution in [2.24, 2.45) is 0 Å². The van der Waals surface area contributed by atoms with Crippen LogP contribution in [0.5, 0.6) is 0 Å². The van der Waals surface area contributed by atoms with Crippen LogP contribution >= 0.6 is 0 Å². The number of hydrogen-bond acceptors (Lipinski definition) is 3. The van der Waals surface area contributed by atoms with Crippen LogP contribution < -0.4 is 15.5 Å². The number of carbonyl (C=O) groups is 2. The van der Waals surface area contributed by atoms with E-state index in [4.69, 9.17) is 0 Å². The van der Waals surface area contributed by atoms with Crippen LogP contribution in [-0.2, 0) is 4.79 Å². The van der Waals surface area contributed by atoms with Crippen LogP contribution in [0, 0.1) is 0 Å². The Labute approximate surface area is 144 Å². The third-order valence-electron chi connectivity index (χ3n) is 4.42. The lowest BCUT2D eigenvalue weighted by molar-refractivity contribution is -0.117. The first-order valence-electron chi connectivity index (χ1n) is 8.64. The van der Waals surface area contributed by atoms with Crippen molar-refractivity contribution in [2.75, 3.05) is 38.1 Å². The van der Waals surface area contributed by atoms with Crippen LogP contribution in [0.1, 0.15) is 38.3 Å². The predicted octanol–water partition coefficient (Wildman–Crippen LogP) is 2.13. The lowest BCUT2D eigenvalue weighted by atomic mass is 10.1. The van der Waals surface area contributed by atoms with Gasteiger partial charge in [-0.05, 0) is 44.6 Å². The summed E-state index contributed by atoms with van der Waals surface area (Å²) in [7, 11) is 2.02. The van der Waals surface area contributed by atoms with Crippen LogP contribution in [-0.4, -0.2) is 50.1 Å². The second-order valence-corrected chi connectivity index (χ2v) is 6.26. The zero-order valence-corrected chi connectivity index (χ0v) is 14.8. The fourth-order valence-corrected chi connectivity index (χ4v) is 2.73. The van der Waals surface area contributed by atoms with Crippen LogP contribution in [0.15, 0.2) is 24.3 Å². The molecule has 2 rings (SSSR count). The van der Waals surface area contributed by atoms with Gasteiger partial charge in [-0.15, -0.1) is 0 Å². The smallest absolute Gasteiger partial charge is 0.315 e. The van der Waals surface area contributed by atoms with Gasteiger partial charge in [0.1, 0.15) is 0 Å². The molecule has 6 heteroatoms. The third kappa shape index (κ3) is 4.96. The number of urea groups is 1. The molecule has 1 unspecified atom stereocenters. The van der Waals surface area contributed by atoms with Crippen molar-refractivity contribution in [1.29, 1.82) is 0 Å². The summed E-state index contributed by atoms with van der Waals surface area (Å²) in [6, 6.07) is 7.54. The molecule has 24 heavy (non-hydrogen) atoms. The molecule has 1 fully saturated rings. The van der Waals surface area contributed by atoms with Crippen molar-refractivity contribution >= 4 is 17.6 Å². The number of benzene rings is 1. The molecule has 1 aromatic carbocycles. The van der Waals surface area contributed by atoms with Gasteiger partial charge in [0, 0.05) is 31.7 Å². The fraction of sp³-hybridized carbons (Fsp3) is 0.556. The zero-order valence-electron chi connectivity index (χ0n) is 14.8. The Morgan fingerprint density at radius 2 is 2.21 bits per heavy atom. The maximum Gasteiger partial charge on any atom is 0.315 e. The van der Waals surface area contributed by atoms with E-state index >= 15 is 0 Å². The van der Waals surface area contributed by atoms with Crippen molar-refractivity contribution in [3.8, 4) is 0 Å². The Morgan fingerprint density at radius 3 is 2.88 bits per heavy atom. The largest absolute Gasteiger partial charge is 0.337 e. The van der Waals surface area contributed by atoms with Gasteiger partial charge in [-0.2, -0.15) is 0 Å². The van der Waals surface area contributed by atoms with Gasteiger partial charge in [0.05, 0.1) is 6.04 Å². The van der Waals surface area contributed by atoms with Crippen LogP contribution in [0.4, 0.5) is 10.5 Å².